The summed E-state index contributed by atoms with van der Waals surface area (Å²) in [6.07, 6.45) is 0.972. The molecule has 1 aromatic carbocycles. The molecule has 1 heterocycles. The summed E-state index contributed by atoms with van der Waals surface area (Å²) in [4.78, 5) is 14.2. The van der Waals surface area contributed by atoms with Gasteiger partial charge in [0.05, 0.1) is 4.88 Å². The van der Waals surface area contributed by atoms with Crippen LogP contribution >= 0.6 is 11.3 Å². The van der Waals surface area contributed by atoms with Crippen LogP contribution in [0.15, 0.2) is 30.3 Å². The lowest BCUT2D eigenvalue weighted by atomic mass is 10.2. The van der Waals surface area contributed by atoms with Gasteiger partial charge in [0.15, 0.2) is 0 Å². The van der Waals surface area contributed by atoms with Gasteiger partial charge in [-0.15, -0.1) is 11.3 Å². The zero-order valence-corrected chi connectivity index (χ0v) is 11.7. The van der Waals surface area contributed by atoms with Gasteiger partial charge in [0.1, 0.15) is 0 Å². The molecule has 0 unspecified atom stereocenters. The number of thiophene rings is 1. The van der Waals surface area contributed by atoms with Gasteiger partial charge < -0.3 is 5.32 Å². The minimum absolute atomic E-state index is 0.0166. The zero-order valence-electron chi connectivity index (χ0n) is 10.9. The van der Waals surface area contributed by atoms with Crippen molar-refractivity contribution >= 4 is 22.9 Å². The molecule has 0 saturated carbocycles. The molecule has 18 heavy (non-hydrogen) atoms. The molecule has 3 heteroatoms. The first-order chi connectivity index (χ1) is 8.61. The van der Waals surface area contributed by atoms with E-state index in [4.69, 9.17) is 0 Å². The highest BCUT2D eigenvalue weighted by Gasteiger charge is 2.12. The molecule has 2 rings (SSSR count). The molecule has 2 nitrogen and oxygen atoms in total. The number of hydrogen-bond acceptors (Lipinski definition) is 2. The van der Waals surface area contributed by atoms with Crippen molar-refractivity contribution in [2.24, 2.45) is 0 Å². The Morgan fingerprint density at radius 1 is 1.28 bits per heavy atom. The van der Waals surface area contributed by atoms with Crippen molar-refractivity contribution < 1.29 is 4.79 Å². The Morgan fingerprint density at radius 2 is 2.00 bits per heavy atom. The molecule has 94 valence electrons. The highest BCUT2D eigenvalue weighted by molar-refractivity contribution is 7.14. The smallest absolute Gasteiger partial charge is 0.265 e. The number of benzene rings is 1. The molecular weight excluding hydrogens is 242 g/mol. The van der Waals surface area contributed by atoms with Crippen molar-refractivity contribution in [3.8, 4) is 0 Å². The third kappa shape index (κ3) is 2.62. The maximum absolute atomic E-state index is 12.1. The fraction of sp³-hybridized carbons (Fsp3) is 0.267. The molecule has 2 aromatic rings. The van der Waals surface area contributed by atoms with Gasteiger partial charge in [0.2, 0.25) is 0 Å². The SMILES string of the molecule is CCc1cc(C(=O)Nc2ccccc2C)sc1C. The molecule has 0 aliphatic carbocycles. The maximum atomic E-state index is 12.1. The number of nitrogens with one attached hydrogen (secondary N) is 1. The second-order valence-electron chi connectivity index (χ2n) is 4.31. The van der Waals surface area contributed by atoms with Crippen molar-refractivity contribution in [1.82, 2.24) is 0 Å². The summed E-state index contributed by atoms with van der Waals surface area (Å²) in [6, 6.07) is 9.81. The lowest BCUT2D eigenvalue weighted by Gasteiger charge is -2.06. The van der Waals surface area contributed by atoms with Gasteiger partial charge in [-0.25, -0.2) is 0 Å². The summed E-state index contributed by atoms with van der Waals surface area (Å²) in [5, 5.41) is 2.96. The number of anilines is 1. The van der Waals surface area contributed by atoms with Crippen molar-refractivity contribution in [2.75, 3.05) is 5.32 Å². The Kier molecular flexibility index (Phi) is 3.82. The number of amides is 1. The number of carbonyl (C=O) groups excluding carboxylic acids is 1. The normalized spacial score (nSPS) is 10.4. The van der Waals surface area contributed by atoms with Crippen molar-refractivity contribution in [3.05, 3.63) is 51.2 Å². The molecular formula is C15H17NOS. The van der Waals surface area contributed by atoms with E-state index in [0.29, 0.717) is 0 Å². The number of aryl methyl sites for hydroxylation is 3. The fourth-order valence-corrected chi connectivity index (χ4v) is 2.89. The molecule has 0 fully saturated rings. The van der Waals surface area contributed by atoms with E-state index in [9.17, 15) is 4.79 Å². The molecule has 0 bridgehead atoms. The van der Waals surface area contributed by atoms with Crippen LogP contribution in [0.2, 0.25) is 0 Å². The summed E-state index contributed by atoms with van der Waals surface area (Å²) in [7, 11) is 0. The summed E-state index contributed by atoms with van der Waals surface area (Å²) in [5.74, 6) is -0.0166. The Bertz CT molecular complexity index is 572. The van der Waals surface area contributed by atoms with Crippen molar-refractivity contribution in [1.29, 1.82) is 0 Å². The van der Waals surface area contributed by atoms with Gasteiger partial charge in [0, 0.05) is 10.6 Å². The molecule has 1 N–H and O–H groups in total. The van der Waals surface area contributed by atoms with E-state index < -0.39 is 0 Å². The van der Waals surface area contributed by atoms with E-state index in [1.54, 1.807) is 11.3 Å². The Hall–Kier alpha value is -1.61. The van der Waals surface area contributed by atoms with Crippen LogP contribution in [0, 0.1) is 13.8 Å². The number of rotatable bonds is 3. The number of hydrogen-bond donors (Lipinski definition) is 1. The summed E-state index contributed by atoms with van der Waals surface area (Å²) < 4.78 is 0. The molecule has 1 aromatic heterocycles. The lowest BCUT2D eigenvalue weighted by Crippen LogP contribution is -2.10. The Morgan fingerprint density at radius 3 is 2.61 bits per heavy atom. The van der Waals surface area contributed by atoms with Gasteiger partial charge >= 0.3 is 0 Å². The fourth-order valence-electron chi connectivity index (χ4n) is 1.88. The first-order valence-corrected chi connectivity index (χ1v) is 6.89. The van der Waals surface area contributed by atoms with E-state index in [-0.39, 0.29) is 5.91 Å². The van der Waals surface area contributed by atoms with Gasteiger partial charge in [0.25, 0.3) is 5.91 Å². The lowest BCUT2D eigenvalue weighted by molar-refractivity contribution is 0.103. The molecule has 0 spiro atoms. The summed E-state index contributed by atoms with van der Waals surface area (Å²) in [6.45, 7) is 6.17. The topological polar surface area (TPSA) is 29.1 Å². The van der Waals surface area contributed by atoms with Crippen LogP contribution in [0.4, 0.5) is 5.69 Å². The largest absolute Gasteiger partial charge is 0.321 e. The maximum Gasteiger partial charge on any atom is 0.265 e. The van der Waals surface area contributed by atoms with E-state index >= 15 is 0 Å². The highest BCUT2D eigenvalue weighted by atomic mass is 32.1. The average Bonchev–Trinajstić information content (AvgIpc) is 2.73. The molecule has 1 amide bonds. The van der Waals surface area contributed by atoms with Gasteiger partial charge in [-0.1, -0.05) is 25.1 Å². The Balaban J connectivity index is 2.19. The molecule has 0 atom stereocenters. The molecule has 0 aliphatic heterocycles. The quantitative estimate of drug-likeness (QED) is 0.880. The van der Waals surface area contributed by atoms with E-state index in [0.717, 1.165) is 22.5 Å². The van der Waals surface area contributed by atoms with Crippen LogP contribution in [-0.2, 0) is 6.42 Å². The van der Waals surface area contributed by atoms with E-state index in [2.05, 4.69) is 19.2 Å². The molecule has 0 aliphatic rings. The van der Waals surface area contributed by atoms with Crippen LogP contribution in [0.1, 0.15) is 32.6 Å². The highest BCUT2D eigenvalue weighted by Crippen LogP contribution is 2.23. The van der Waals surface area contributed by atoms with Crippen molar-refractivity contribution in [2.45, 2.75) is 27.2 Å². The van der Waals surface area contributed by atoms with Crippen LogP contribution in [0.5, 0.6) is 0 Å². The van der Waals surface area contributed by atoms with Gasteiger partial charge in [-0.2, -0.15) is 0 Å². The van der Waals surface area contributed by atoms with E-state index in [1.807, 2.05) is 37.3 Å². The zero-order chi connectivity index (χ0) is 13.1. The van der Waals surface area contributed by atoms with Crippen LogP contribution in [0.25, 0.3) is 0 Å². The van der Waals surface area contributed by atoms with Gasteiger partial charge in [-0.05, 0) is 43.5 Å². The number of para-hydroxylation sites is 1. The standard InChI is InChI=1S/C15H17NOS/c1-4-12-9-14(18-11(12)3)15(17)16-13-8-6-5-7-10(13)2/h5-9H,4H2,1-3H3,(H,16,17). The second kappa shape index (κ2) is 5.36. The predicted molar refractivity (Wildman–Crippen MR) is 77.6 cm³/mol. The Labute approximate surface area is 112 Å². The van der Waals surface area contributed by atoms with E-state index in [1.165, 1.54) is 10.4 Å². The third-order valence-corrected chi connectivity index (χ3v) is 4.11. The van der Waals surface area contributed by atoms with Crippen LogP contribution in [-0.4, -0.2) is 5.91 Å². The summed E-state index contributed by atoms with van der Waals surface area (Å²) in [5.41, 5.74) is 3.22. The first kappa shape index (κ1) is 12.8. The molecule has 0 saturated heterocycles. The molecule has 0 radical (unpaired) electrons. The second-order valence-corrected chi connectivity index (χ2v) is 5.57. The van der Waals surface area contributed by atoms with Gasteiger partial charge in [-0.3, -0.25) is 4.79 Å². The third-order valence-electron chi connectivity index (χ3n) is 3.02. The number of carbonyl (C=O) groups is 1. The van der Waals surface area contributed by atoms with Crippen LogP contribution < -0.4 is 5.32 Å². The summed E-state index contributed by atoms with van der Waals surface area (Å²) >= 11 is 1.56. The average molecular weight is 259 g/mol. The monoisotopic (exact) mass is 259 g/mol. The van der Waals surface area contributed by atoms with Crippen LogP contribution in [0.3, 0.4) is 0 Å². The minimum atomic E-state index is -0.0166. The minimum Gasteiger partial charge on any atom is -0.321 e. The first-order valence-electron chi connectivity index (χ1n) is 6.08. The predicted octanol–water partition coefficient (Wildman–Crippen LogP) is 4.18. The van der Waals surface area contributed by atoms with Crippen molar-refractivity contribution in [3.63, 3.8) is 0 Å².